The first kappa shape index (κ1) is 14.5. The number of halogens is 2. The zero-order valence-corrected chi connectivity index (χ0v) is 12.0. The molecule has 2 rings (SSSR count). The van der Waals surface area contributed by atoms with E-state index in [1.165, 1.54) is 6.07 Å². The van der Waals surface area contributed by atoms with E-state index in [0.29, 0.717) is 5.52 Å². The van der Waals surface area contributed by atoms with Gasteiger partial charge in [0.2, 0.25) is 0 Å². The van der Waals surface area contributed by atoms with E-state index in [4.69, 9.17) is 0 Å². The first-order valence-electron chi connectivity index (χ1n) is 6.67. The number of fused-ring (bicyclic) bond motifs is 1. The minimum Gasteiger partial charge on any atom is -0.384 e. The highest BCUT2D eigenvalue weighted by molar-refractivity contribution is 5.94. The van der Waals surface area contributed by atoms with Crippen LogP contribution in [-0.4, -0.2) is 25.6 Å². The molecule has 3 nitrogen and oxygen atoms in total. The van der Waals surface area contributed by atoms with Gasteiger partial charge >= 0.3 is 0 Å². The topological polar surface area (TPSA) is 28.2 Å². The zero-order chi connectivity index (χ0) is 14.7. The first-order chi connectivity index (χ1) is 9.52. The molecule has 2 aromatic rings. The van der Waals surface area contributed by atoms with Crippen molar-refractivity contribution in [1.82, 2.24) is 4.98 Å². The number of anilines is 2. The van der Waals surface area contributed by atoms with E-state index in [1.807, 2.05) is 38.1 Å². The molecule has 1 heterocycles. The van der Waals surface area contributed by atoms with Crippen LogP contribution in [0.4, 0.5) is 20.2 Å². The number of rotatable bonds is 5. The van der Waals surface area contributed by atoms with Gasteiger partial charge in [0.1, 0.15) is 5.69 Å². The van der Waals surface area contributed by atoms with Gasteiger partial charge in [0.05, 0.1) is 5.52 Å². The largest absolute Gasteiger partial charge is 0.384 e. The summed E-state index contributed by atoms with van der Waals surface area (Å²) in [6.07, 6.45) is -1.63. The van der Waals surface area contributed by atoms with Gasteiger partial charge in [-0.25, -0.2) is 13.8 Å². The van der Waals surface area contributed by atoms with Crippen molar-refractivity contribution in [2.45, 2.75) is 19.8 Å². The average Bonchev–Trinajstić information content (AvgIpc) is 2.43. The highest BCUT2D eigenvalue weighted by Crippen LogP contribution is 2.30. The van der Waals surface area contributed by atoms with Crippen LogP contribution in [0.15, 0.2) is 24.3 Å². The predicted molar refractivity (Wildman–Crippen MR) is 79.8 cm³/mol. The van der Waals surface area contributed by atoms with Crippen LogP contribution in [0.25, 0.3) is 10.9 Å². The summed E-state index contributed by atoms with van der Waals surface area (Å²) in [6, 6.07) is 7.08. The molecule has 0 aliphatic heterocycles. The summed E-state index contributed by atoms with van der Waals surface area (Å²) >= 11 is 0. The van der Waals surface area contributed by atoms with Crippen molar-refractivity contribution >= 4 is 22.3 Å². The molecule has 0 fully saturated rings. The van der Waals surface area contributed by atoms with Crippen molar-refractivity contribution in [1.29, 1.82) is 0 Å². The maximum atomic E-state index is 12.9. The molecule has 0 saturated carbocycles. The molecule has 0 atom stereocenters. The molecular weight excluding hydrogens is 260 g/mol. The van der Waals surface area contributed by atoms with Crippen molar-refractivity contribution in [3.63, 3.8) is 0 Å². The van der Waals surface area contributed by atoms with Crippen LogP contribution in [0.1, 0.15) is 25.5 Å². The Bertz CT molecular complexity index is 597. The van der Waals surface area contributed by atoms with Gasteiger partial charge in [-0.3, -0.25) is 0 Å². The number of nitrogens with one attached hydrogen (secondary N) is 1. The Labute approximate surface area is 117 Å². The highest BCUT2D eigenvalue weighted by atomic mass is 19.3. The lowest BCUT2D eigenvalue weighted by atomic mass is 10.1. The van der Waals surface area contributed by atoms with Crippen molar-refractivity contribution < 1.29 is 8.78 Å². The number of hydrogen-bond acceptors (Lipinski definition) is 3. The van der Waals surface area contributed by atoms with E-state index in [9.17, 15) is 8.78 Å². The molecule has 0 unspecified atom stereocenters. The lowest BCUT2D eigenvalue weighted by molar-refractivity contribution is 0.146. The van der Waals surface area contributed by atoms with Crippen LogP contribution in [0, 0.1) is 0 Å². The van der Waals surface area contributed by atoms with E-state index in [-0.39, 0.29) is 5.69 Å². The van der Waals surface area contributed by atoms with Crippen molar-refractivity contribution in [3.05, 3.63) is 30.0 Å². The summed E-state index contributed by atoms with van der Waals surface area (Å²) in [7, 11) is 3.89. The third-order valence-electron chi connectivity index (χ3n) is 3.12. The summed E-state index contributed by atoms with van der Waals surface area (Å²) in [5, 5.41) is 4.08. The van der Waals surface area contributed by atoms with Crippen LogP contribution < -0.4 is 10.2 Å². The molecule has 0 amide bonds. The Kier molecular flexibility index (Phi) is 4.37. The van der Waals surface area contributed by atoms with Crippen LogP contribution in [0.3, 0.4) is 0 Å². The molecule has 1 aromatic carbocycles. The number of aromatic nitrogens is 1. The Morgan fingerprint density at radius 3 is 2.60 bits per heavy atom. The third-order valence-corrected chi connectivity index (χ3v) is 3.12. The van der Waals surface area contributed by atoms with Gasteiger partial charge in [-0.05, 0) is 30.7 Å². The van der Waals surface area contributed by atoms with Crippen LogP contribution >= 0.6 is 0 Å². The molecule has 108 valence electrons. The van der Waals surface area contributed by atoms with E-state index in [2.05, 4.69) is 10.3 Å². The lowest BCUT2D eigenvalue weighted by Crippen LogP contribution is -2.09. The van der Waals surface area contributed by atoms with Crippen LogP contribution in [0.5, 0.6) is 0 Å². The van der Waals surface area contributed by atoms with Crippen molar-refractivity contribution in [2.24, 2.45) is 0 Å². The molecule has 0 aliphatic carbocycles. The smallest absolute Gasteiger partial charge is 0.280 e. The van der Waals surface area contributed by atoms with Gasteiger partial charge in [-0.15, -0.1) is 0 Å². The number of hydrogen-bond donors (Lipinski definition) is 1. The fraction of sp³-hybridized carbons (Fsp3) is 0.400. The fourth-order valence-electron chi connectivity index (χ4n) is 2.03. The number of pyridine rings is 1. The molecule has 5 heteroatoms. The SMILES string of the molecule is CCCNc1cc(C(F)F)nc2ccc(N(C)C)cc12. The summed E-state index contributed by atoms with van der Waals surface area (Å²) in [6.45, 7) is 2.78. The Hall–Kier alpha value is -1.91. The van der Waals surface area contributed by atoms with E-state index in [1.54, 1.807) is 6.07 Å². The van der Waals surface area contributed by atoms with E-state index in [0.717, 1.165) is 29.7 Å². The van der Waals surface area contributed by atoms with Gasteiger partial charge in [0.25, 0.3) is 6.43 Å². The van der Waals surface area contributed by atoms with Crippen LogP contribution in [0.2, 0.25) is 0 Å². The molecule has 1 aromatic heterocycles. The second kappa shape index (κ2) is 6.03. The van der Waals surface area contributed by atoms with Gasteiger partial charge in [-0.1, -0.05) is 6.92 Å². The lowest BCUT2D eigenvalue weighted by Gasteiger charge is -2.16. The Morgan fingerprint density at radius 1 is 1.25 bits per heavy atom. The molecule has 0 saturated heterocycles. The quantitative estimate of drug-likeness (QED) is 0.894. The highest BCUT2D eigenvalue weighted by Gasteiger charge is 2.13. The number of nitrogens with zero attached hydrogens (tertiary/aromatic N) is 2. The monoisotopic (exact) mass is 279 g/mol. The minimum atomic E-state index is -2.56. The Morgan fingerprint density at radius 2 is 2.00 bits per heavy atom. The summed E-state index contributed by atoms with van der Waals surface area (Å²) in [4.78, 5) is 6.01. The molecule has 20 heavy (non-hydrogen) atoms. The second-order valence-corrected chi connectivity index (χ2v) is 4.92. The molecular formula is C15H19F2N3. The summed E-state index contributed by atoms with van der Waals surface area (Å²) in [5.74, 6) is 0. The average molecular weight is 279 g/mol. The van der Waals surface area contributed by atoms with Gasteiger partial charge < -0.3 is 10.2 Å². The van der Waals surface area contributed by atoms with Gasteiger partial charge in [0, 0.05) is 37.4 Å². The molecule has 0 bridgehead atoms. The molecule has 1 N–H and O–H groups in total. The zero-order valence-electron chi connectivity index (χ0n) is 12.0. The predicted octanol–water partition coefficient (Wildman–Crippen LogP) is 4.06. The van der Waals surface area contributed by atoms with Crippen molar-refractivity contribution in [3.8, 4) is 0 Å². The second-order valence-electron chi connectivity index (χ2n) is 4.92. The van der Waals surface area contributed by atoms with Gasteiger partial charge in [0.15, 0.2) is 0 Å². The van der Waals surface area contributed by atoms with Crippen LogP contribution in [-0.2, 0) is 0 Å². The molecule has 0 aliphatic rings. The molecule has 0 radical (unpaired) electrons. The van der Waals surface area contributed by atoms with Gasteiger partial charge in [-0.2, -0.15) is 0 Å². The molecule has 0 spiro atoms. The minimum absolute atomic E-state index is 0.186. The van der Waals surface area contributed by atoms with Crippen molar-refractivity contribution in [2.75, 3.05) is 30.9 Å². The van der Waals surface area contributed by atoms with E-state index >= 15 is 0 Å². The fourth-order valence-corrected chi connectivity index (χ4v) is 2.03. The number of alkyl halides is 2. The summed E-state index contributed by atoms with van der Waals surface area (Å²) < 4.78 is 25.8. The Balaban J connectivity index is 2.58. The van der Waals surface area contributed by atoms with E-state index < -0.39 is 6.43 Å². The maximum Gasteiger partial charge on any atom is 0.280 e. The normalized spacial score (nSPS) is 11.1. The summed E-state index contributed by atoms with van der Waals surface area (Å²) in [5.41, 5.74) is 2.14. The maximum absolute atomic E-state index is 12.9. The first-order valence-corrected chi connectivity index (χ1v) is 6.67. The standard InChI is InChI=1S/C15H19F2N3/c1-4-7-18-13-9-14(15(16)17)19-12-6-5-10(20(2)3)8-11(12)13/h5-6,8-9,15H,4,7H2,1-3H3,(H,18,19). The number of benzene rings is 1. The third kappa shape index (κ3) is 2.98.